The summed E-state index contributed by atoms with van der Waals surface area (Å²) in [6.07, 6.45) is 8.34. The fourth-order valence-corrected chi connectivity index (χ4v) is 2.66. The summed E-state index contributed by atoms with van der Waals surface area (Å²) in [7, 11) is 0. The lowest BCUT2D eigenvalue weighted by Gasteiger charge is -2.12. The van der Waals surface area contributed by atoms with Crippen LogP contribution in [-0.2, 0) is 0 Å². The fourth-order valence-electron chi connectivity index (χ4n) is 2.29. The summed E-state index contributed by atoms with van der Waals surface area (Å²) in [6, 6.07) is 1.91. The number of aromatic nitrogens is 2. The van der Waals surface area contributed by atoms with Crippen molar-refractivity contribution in [2.75, 3.05) is 24.7 Å². The largest absolute Gasteiger partial charge is 0.477 e. The lowest BCUT2D eigenvalue weighted by Crippen LogP contribution is -2.10. The van der Waals surface area contributed by atoms with Gasteiger partial charge in [-0.15, -0.1) is 0 Å². The third kappa shape index (κ3) is 4.56. The zero-order valence-electron chi connectivity index (χ0n) is 11.8. The number of nitrogens with one attached hydrogen (secondary N) is 1. The molecule has 2 rings (SSSR count). The van der Waals surface area contributed by atoms with Crippen molar-refractivity contribution in [1.29, 1.82) is 0 Å². The maximum Gasteiger partial charge on any atom is 0.219 e. The fraction of sp³-hybridized carbons (Fsp3) is 0.714. The van der Waals surface area contributed by atoms with Crippen molar-refractivity contribution in [3.8, 4) is 5.88 Å². The van der Waals surface area contributed by atoms with Gasteiger partial charge in [0.05, 0.1) is 6.61 Å². The van der Waals surface area contributed by atoms with E-state index in [1.54, 1.807) is 11.8 Å². The standard InChI is InChI=1S/C14H23N3OS/c1-3-8-15-12-9-13(17-14(16-12)19-2)18-10-11-6-4-5-7-11/h9,11H,3-8,10H2,1-2H3,(H,15,16,17). The molecule has 0 atom stereocenters. The molecule has 106 valence electrons. The summed E-state index contributed by atoms with van der Waals surface area (Å²) < 4.78 is 5.85. The van der Waals surface area contributed by atoms with Crippen LogP contribution in [0.4, 0.5) is 5.82 Å². The van der Waals surface area contributed by atoms with Crippen molar-refractivity contribution in [1.82, 2.24) is 9.97 Å². The van der Waals surface area contributed by atoms with Gasteiger partial charge in [0.1, 0.15) is 5.82 Å². The summed E-state index contributed by atoms with van der Waals surface area (Å²) in [5, 5.41) is 4.06. The number of hydrogen-bond donors (Lipinski definition) is 1. The van der Waals surface area contributed by atoms with E-state index in [1.165, 1.54) is 25.7 Å². The molecule has 1 aliphatic carbocycles. The van der Waals surface area contributed by atoms with Crippen molar-refractivity contribution >= 4 is 17.6 Å². The molecule has 0 spiro atoms. The van der Waals surface area contributed by atoms with E-state index < -0.39 is 0 Å². The summed E-state index contributed by atoms with van der Waals surface area (Å²) in [5.74, 6) is 2.27. The van der Waals surface area contributed by atoms with Crippen LogP contribution in [-0.4, -0.2) is 29.4 Å². The molecule has 4 nitrogen and oxygen atoms in total. The van der Waals surface area contributed by atoms with E-state index in [0.29, 0.717) is 11.8 Å². The third-order valence-corrected chi connectivity index (χ3v) is 3.91. The van der Waals surface area contributed by atoms with Gasteiger partial charge in [-0.1, -0.05) is 31.5 Å². The first-order valence-corrected chi connectivity index (χ1v) is 8.34. The highest BCUT2D eigenvalue weighted by atomic mass is 32.2. The molecule has 5 heteroatoms. The SMILES string of the molecule is CCCNc1cc(OCC2CCCC2)nc(SC)n1. The van der Waals surface area contributed by atoms with Gasteiger partial charge in [-0.05, 0) is 31.4 Å². The van der Waals surface area contributed by atoms with Gasteiger partial charge in [-0.2, -0.15) is 4.98 Å². The molecule has 1 saturated carbocycles. The minimum Gasteiger partial charge on any atom is -0.477 e. The second-order valence-corrected chi connectivity index (χ2v) is 5.74. The highest BCUT2D eigenvalue weighted by Gasteiger charge is 2.16. The Bertz CT molecular complexity index is 394. The van der Waals surface area contributed by atoms with Crippen LogP contribution in [0.25, 0.3) is 0 Å². The molecular weight excluding hydrogens is 258 g/mol. The first-order chi connectivity index (χ1) is 9.31. The molecule has 0 amide bonds. The molecule has 1 fully saturated rings. The van der Waals surface area contributed by atoms with Crippen LogP contribution in [0.2, 0.25) is 0 Å². The number of rotatable bonds is 7. The highest BCUT2D eigenvalue weighted by molar-refractivity contribution is 7.98. The molecule has 0 bridgehead atoms. The van der Waals surface area contributed by atoms with Gasteiger partial charge in [0.25, 0.3) is 0 Å². The molecule has 19 heavy (non-hydrogen) atoms. The summed E-state index contributed by atoms with van der Waals surface area (Å²) in [5.41, 5.74) is 0. The topological polar surface area (TPSA) is 47.0 Å². The first-order valence-electron chi connectivity index (χ1n) is 7.11. The molecule has 0 radical (unpaired) electrons. The normalized spacial score (nSPS) is 15.7. The van der Waals surface area contributed by atoms with Gasteiger partial charge < -0.3 is 10.1 Å². The van der Waals surface area contributed by atoms with E-state index in [0.717, 1.165) is 30.5 Å². The van der Waals surface area contributed by atoms with Crippen molar-refractivity contribution in [3.63, 3.8) is 0 Å². The average Bonchev–Trinajstić information content (AvgIpc) is 2.96. The predicted molar refractivity (Wildman–Crippen MR) is 80.0 cm³/mol. The molecule has 1 heterocycles. The van der Waals surface area contributed by atoms with Crippen LogP contribution < -0.4 is 10.1 Å². The monoisotopic (exact) mass is 281 g/mol. The minimum atomic E-state index is 0.699. The summed E-state index contributed by atoms with van der Waals surface area (Å²) in [4.78, 5) is 8.84. The van der Waals surface area contributed by atoms with E-state index in [-0.39, 0.29) is 0 Å². The molecular formula is C14H23N3OS. The summed E-state index contributed by atoms with van der Waals surface area (Å²) in [6.45, 7) is 3.85. The molecule has 1 aromatic rings. The Balaban J connectivity index is 1.96. The first kappa shape index (κ1) is 14.4. The minimum absolute atomic E-state index is 0.699. The average molecular weight is 281 g/mol. The number of ether oxygens (including phenoxy) is 1. The van der Waals surface area contributed by atoms with Crippen LogP contribution in [0.15, 0.2) is 11.2 Å². The molecule has 0 aliphatic heterocycles. The van der Waals surface area contributed by atoms with Crippen molar-refractivity contribution in [2.24, 2.45) is 5.92 Å². The van der Waals surface area contributed by atoms with Gasteiger partial charge in [0, 0.05) is 12.6 Å². The lowest BCUT2D eigenvalue weighted by atomic mass is 10.1. The Morgan fingerprint density at radius 3 is 2.84 bits per heavy atom. The van der Waals surface area contributed by atoms with Crippen molar-refractivity contribution < 1.29 is 4.74 Å². The van der Waals surface area contributed by atoms with E-state index in [9.17, 15) is 0 Å². The quantitative estimate of drug-likeness (QED) is 0.611. The molecule has 1 aliphatic rings. The third-order valence-electron chi connectivity index (χ3n) is 3.36. The molecule has 0 unspecified atom stereocenters. The Kier molecular flexibility index (Phi) is 5.76. The number of anilines is 1. The summed E-state index contributed by atoms with van der Waals surface area (Å²) >= 11 is 1.55. The molecule has 1 N–H and O–H groups in total. The predicted octanol–water partition coefficient (Wildman–Crippen LogP) is 3.59. The van der Waals surface area contributed by atoms with E-state index in [2.05, 4.69) is 22.2 Å². The second kappa shape index (κ2) is 7.58. The molecule has 0 saturated heterocycles. The van der Waals surface area contributed by atoms with Crippen LogP contribution in [0.1, 0.15) is 39.0 Å². The smallest absolute Gasteiger partial charge is 0.219 e. The van der Waals surface area contributed by atoms with Crippen LogP contribution >= 0.6 is 11.8 Å². The molecule has 1 aromatic heterocycles. The maximum absolute atomic E-state index is 5.85. The lowest BCUT2D eigenvalue weighted by molar-refractivity contribution is 0.241. The van der Waals surface area contributed by atoms with E-state index in [1.807, 2.05) is 12.3 Å². The Morgan fingerprint density at radius 1 is 1.37 bits per heavy atom. The molecule has 0 aromatic carbocycles. The van der Waals surface area contributed by atoms with Crippen LogP contribution in [0, 0.1) is 5.92 Å². The Morgan fingerprint density at radius 2 is 2.16 bits per heavy atom. The van der Waals surface area contributed by atoms with Gasteiger partial charge in [-0.3, -0.25) is 0 Å². The zero-order chi connectivity index (χ0) is 13.5. The van der Waals surface area contributed by atoms with E-state index in [4.69, 9.17) is 4.74 Å². The Hall–Kier alpha value is -0.970. The zero-order valence-corrected chi connectivity index (χ0v) is 12.6. The van der Waals surface area contributed by atoms with Gasteiger partial charge in [0.15, 0.2) is 5.16 Å². The number of hydrogen-bond acceptors (Lipinski definition) is 5. The van der Waals surface area contributed by atoms with Crippen LogP contribution in [0.5, 0.6) is 5.88 Å². The number of nitrogens with zero attached hydrogens (tertiary/aromatic N) is 2. The second-order valence-electron chi connectivity index (χ2n) is 4.97. The van der Waals surface area contributed by atoms with Crippen LogP contribution in [0.3, 0.4) is 0 Å². The van der Waals surface area contributed by atoms with E-state index >= 15 is 0 Å². The van der Waals surface area contributed by atoms with Crippen molar-refractivity contribution in [3.05, 3.63) is 6.07 Å². The highest BCUT2D eigenvalue weighted by Crippen LogP contribution is 2.26. The van der Waals surface area contributed by atoms with Crippen molar-refractivity contribution in [2.45, 2.75) is 44.2 Å². The van der Waals surface area contributed by atoms with Gasteiger partial charge >= 0.3 is 0 Å². The maximum atomic E-state index is 5.85. The van der Waals surface area contributed by atoms with Gasteiger partial charge in [-0.25, -0.2) is 4.98 Å². The van der Waals surface area contributed by atoms with Gasteiger partial charge in [0.2, 0.25) is 5.88 Å². The Labute approximate surface area is 119 Å². The number of thioether (sulfide) groups is 1.